The maximum Gasteiger partial charge on any atom is 0.142 e. The van der Waals surface area contributed by atoms with E-state index in [1.54, 1.807) is 0 Å². The normalized spacial score (nSPS) is 8.08. The van der Waals surface area contributed by atoms with E-state index in [1.165, 1.54) is 12.1 Å². The molecule has 0 aliphatic heterocycles. The number of hydrogen-bond acceptors (Lipinski definition) is 4. The van der Waals surface area contributed by atoms with E-state index < -0.39 is 0 Å². The highest BCUT2D eigenvalue weighted by Gasteiger charge is 2.00. The smallest absolute Gasteiger partial charge is 0.142 e. The Morgan fingerprint density at radius 2 is 1.62 bits per heavy atom. The first-order valence-corrected chi connectivity index (χ1v) is 3.48. The predicted molar refractivity (Wildman–Crippen MR) is 43.0 cm³/mol. The number of aromatic nitrogens is 1. The predicted octanol–water partition coefficient (Wildman–Crippen LogP) is 0.891. The third-order valence-corrected chi connectivity index (χ3v) is 1.40. The van der Waals surface area contributed by atoms with Crippen LogP contribution in [0.4, 0.5) is 0 Å². The SMILES string of the molecule is N#CCc1cc(C#N)nc(C#N)c1. The van der Waals surface area contributed by atoms with Crippen LogP contribution in [0.15, 0.2) is 12.1 Å². The molecule has 4 heteroatoms. The molecule has 0 bridgehead atoms. The highest BCUT2D eigenvalue weighted by molar-refractivity contribution is 5.34. The molecule has 0 unspecified atom stereocenters. The second-order valence-corrected chi connectivity index (χ2v) is 2.30. The summed E-state index contributed by atoms with van der Waals surface area (Å²) >= 11 is 0. The number of pyridine rings is 1. The number of nitrogens with zero attached hydrogens (tertiary/aromatic N) is 4. The van der Waals surface area contributed by atoms with Crippen molar-refractivity contribution in [2.45, 2.75) is 6.42 Å². The van der Waals surface area contributed by atoms with E-state index >= 15 is 0 Å². The van der Waals surface area contributed by atoms with Gasteiger partial charge in [-0.15, -0.1) is 0 Å². The highest BCUT2D eigenvalue weighted by Crippen LogP contribution is 2.05. The summed E-state index contributed by atoms with van der Waals surface area (Å²) in [4.78, 5) is 3.72. The lowest BCUT2D eigenvalue weighted by molar-refractivity contribution is 1.16. The van der Waals surface area contributed by atoms with Gasteiger partial charge >= 0.3 is 0 Å². The van der Waals surface area contributed by atoms with Crippen LogP contribution in [0.2, 0.25) is 0 Å². The van der Waals surface area contributed by atoms with Crippen molar-refractivity contribution in [2.75, 3.05) is 0 Å². The van der Waals surface area contributed by atoms with Crippen LogP contribution >= 0.6 is 0 Å². The quantitative estimate of drug-likeness (QED) is 0.623. The summed E-state index contributed by atoms with van der Waals surface area (Å²) in [5.41, 5.74) is 0.985. The Labute approximate surface area is 75.3 Å². The standard InChI is InChI=1S/C9H4N4/c10-2-1-7-3-8(5-11)13-9(4-7)6-12/h3-4H,1H2. The first-order valence-electron chi connectivity index (χ1n) is 3.48. The van der Waals surface area contributed by atoms with Gasteiger partial charge in [0.05, 0.1) is 12.5 Å². The molecule has 0 amide bonds. The van der Waals surface area contributed by atoms with Crippen molar-refractivity contribution in [1.82, 2.24) is 4.98 Å². The monoisotopic (exact) mass is 168 g/mol. The molecule has 0 N–H and O–H groups in total. The molecule has 13 heavy (non-hydrogen) atoms. The van der Waals surface area contributed by atoms with Crippen LogP contribution in [0.1, 0.15) is 17.0 Å². The zero-order chi connectivity index (χ0) is 9.68. The summed E-state index contributed by atoms with van der Waals surface area (Å²) in [6.45, 7) is 0. The highest BCUT2D eigenvalue weighted by atomic mass is 14.7. The lowest BCUT2D eigenvalue weighted by Crippen LogP contribution is -1.92. The summed E-state index contributed by atoms with van der Waals surface area (Å²) in [5.74, 6) is 0. The van der Waals surface area contributed by atoms with Crippen molar-refractivity contribution in [3.05, 3.63) is 29.1 Å². The van der Waals surface area contributed by atoms with Crippen LogP contribution < -0.4 is 0 Å². The lowest BCUT2D eigenvalue weighted by atomic mass is 10.1. The fraction of sp³-hybridized carbons (Fsp3) is 0.111. The molecular formula is C9H4N4. The van der Waals surface area contributed by atoms with E-state index in [4.69, 9.17) is 15.8 Å². The molecule has 0 saturated heterocycles. The Morgan fingerprint density at radius 3 is 2.00 bits per heavy atom. The van der Waals surface area contributed by atoms with Crippen molar-refractivity contribution in [1.29, 1.82) is 15.8 Å². The van der Waals surface area contributed by atoms with E-state index in [1.807, 2.05) is 18.2 Å². The molecule has 0 aromatic carbocycles. The van der Waals surface area contributed by atoms with Crippen LogP contribution in [-0.4, -0.2) is 4.98 Å². The third kappa shape index (κ3) is 2.02. The van der Waals surface area contributed by atoms with Crippen molar-refractivity contribution < 1.29 is 0 Å². The van der Waals surface area contributed by atoms with Gasteiger partial charge in [-0.2, -0.15) is 15.8 Å². The Balaban J connectivity index is 3.20. The Morgan fingerprint density at radius 1 is 1.08 bits per heavy atom. The van der Waals surface area contributed by atoms with Crippen LogP contribution in [0.25, 0.3) is 0 Å². The molecule has 0 radical (unpaired) electrons. The molecule has 1 heterocycles. The molecule has 0 fully saturated rings. The van der Waals surface area contributed by atoms with Gasteiger partial charge in [0.2, 0.25) is 0 Å². The van der Waals surface area contributed by atoms with E-state index in [9.17, 15) is 0 Å². The second-order valence-electron chi connectivity index (χ2n) is 2.30. The molecule has 1 aromatic heterocycles. The largest absolute Gasteiger partial charge is 0.226 e. The summed E-state index contributed by atoms with van der Waals surface area (Å²) in [7, 11) is 0. The van der Waals surface area contributed by atoms with E-state index in [0.717, 1.165) is 0 Å². The zero-order valence-electron chi connectivity index (χ0n) is 6.65. The fourth-order valence-corrected chi connectivity index (χ4v) is 0.895. The van der Waals surface area contributed by atoms with Gasteiger partial charge < -0.3 is 0 Å². The molecule has 1 rings (SSSR count). The van der Waals surface area contributed by atoms with E-state index in [-0.39, 0.29) is 17.8 Å². The maximum atomic E-state index is 8.55. The maximum absolute atomic E-state index is 8.55. The van der Waals surface area contributed by atoms with Crippen LogP contribution in [0, 0.1) is 34.0 Å². The van der Waals surface area contributed by atoms with Crippen molar-refractivity contribution >= 4 is 0 Å². The van der Waals surface area contributed by atoms with Gasteiger partial charge in [-0.25, -0.2) is 4.98 Å². The molecule has 0 aliphatic rings. The average molecular weight is 168 g/mol. The molecular weight excluding hydrogens is 164 g/mol. The van der Waals surface area contributed by atoms with E-state index in [0.29, 0.717) is 5.56 Å². The molecule has 60 valence electrons. The van der Waals surface area contributed by atoms with Gasteiger partial charge in [-0.3, -0.25) is 0 Å². The summed E-state index contributed by atoms with van der Waals surface area (Å²) in [6.07, 6.45) is 0.186. The van der Waals surface area contributed by atoms with Gasteiger partial charge in [0.25, 0.3) is 0 Å². The Hall–Kier alpha value is -2.38. The minimum atomic E-state index is 0.171. The molecule has 0 saturated carbocycles. The van der Waals surface area contributed by atoms with Gasteiger partial charge in [-0.1, -0.05) is 0 Å². The molecule has 4 nitrogen and oxygen atoms in total. The fourth-order valence-electron chi connectivity index (χ4n) is 0.895. The van der Waals surface area contributed by atoms with Crippen LogP contribution in [0.5, 0.6) is 0 Å². The third-order valence-electron chi connectivity index (χ3n) is 1.40. The lowest BCUT2D eigenvalue weighted by Gasteiger charge is -1.95. The van der Waals surface area contributed by atoms with Gasteiger partial charge in [0, 0.05) is 0 Å². The number of hydrogen-bond donors (Lipinski definition) is 0. The molecule has 1 aromatic rings. The first-order chi connectivity index (χ1) is 6.30. The summed E-state index contributed by atoms with van der Waals surface area (Å²) in [5, 5.41) is 25.5. The molecule has 0 aliphatic carbocycles. The Kier molecular flexibility index (Phi) is 2.58. The average Bonchev–Trinajstić information content (AvgIpc) is 2.17. The second kappa shape index (κ2) is 3.85. The van der Waals surface area contributed by atoms with Crippen LogP contribution in [-0.2, 0) is 6.42 Å². The van der Waals surface area contributed by atoms with Crippen molar-refractivity contribution in [2.24, 2.45) is 0 Å². The zero-order valence-corrected chi connectivity index (χ0v) is 6.65. The molecule has 0 spiro atoms. The van der Waals surface area contributed by atoms with Gasteiger partial charge in [0.1, 0.15) is 23.5 Å². The van der Waals surface area contributed by atoms with Crippen LogP contribution in [0.3, 0.4) is 0 Å². The molecule has 0 atom stereocenters. The van der Waals surface area contributed by atoms with E-state index in [2.05, 4.69) is 4.98 Å². The topological polar surface area (TPSA) is 84.3 Å². The van der Waals surface area contributed by atoms with Gasteiger partial charge in [-0.05, 0) is 17.7 Å². The van der Waals surface area contributed by atoms with Crippen molar-refractivity contribution in [3.8, 4) is 18.2 Å². The summed E-state index contributed by atoms with van der Waals surface area (Å²) < 4.78 is 0. The van der Waals surface area contributed by atoms with Gasteiger partial charge in [0.15, 0.2) is 0 Å². The Bertz CT molecular complexity index is 410. The van der Waals surface area contributed by atoms with Crippen molar-refractivity contribution in [3.63, 3.8) is 0 Å². The minimum Gasteiger partial charge on any atom is -0.226 e. The summed E-state index contributed by atoms with van der Waals surface area (Å²) in [6, 6.07) is 8.61. The minimum absolute atomic E-state index is 0.171. The number of nitriles is 3. The number of rotatable bonds is 1. The first kappa shape index (κ1) is 8.71.